The number of methoxy groups -OCH3 is 2. The third-order valence-electron chi connectivity index (χ3n) is 4.83. The Morgan fingerprint density at radius 1 is 1.30 bits per heavy atom. The van der Waals surface area contributed by atoms with Gasteiger partial charge < -0.3 is 9.47 Å². The van der Waals surface area contributed by atoms with E-state index in [9.17, 15) is 17.6 Å². The van der Waals surface area contributed by atoms with E-state index in [0.717, 1.165) is 24.2 Å². The lowest BCUT2D eigenvalue weighted by Gasteiger charge is -2.26. The van der Waals surface area contributed by atoms with Crippen molar-refractivity contribution in [3.63, 3.8) is 0 Å². The molecule has 0 bridgehead atoms. The van der Waals surface area contributed by atoms with Gasteiger partial charge in [0, 0.05) is 6.04 Å². The first-order chi connectivity index (χ1) is 14.2. The summed E-state index contributed by atoms with van der Waals surface area (Å²) < 4.78 is 49.2. The van der Waals surface area contributed by atoms with Gasteiger partial charge in [-0.25, -0.2) is 27.5 Å². The molecule has 30 heavy (non-hydrogen) atoms. The van der Waals surface area contributed by atoms with E-state index in [1.807, 2.05) is 0 Å². The summed E-state index contributed by atoms with van der Waals surface area (Å²) in [7, 11) is -0.644. The molecule has 1 aliphatic rings. The van der Waals surface area contributed by atoms with Crippen LogP contribution in [-0.2, 0) is 26.0 Å². The minimum Gasteiger partial charge on any atom is -0.496 e. The zero-order valence-electron chi connectivity index (χ0n) is 16.8. The molecule has 1 N–H and O–H groups in total. The van der Waals surface area contributed by atoms with Gasteiger partial charge in [-0.2, -0.15) is 0 Å². The minimum absolute atomic E-state index is 0.223. The molecule has 0 amide bonds. The topological polar surface area (TPSA) is 107 Å². The molecule has 0 saturated heterocycles. The monoisotopic (exact) mass is 435 g/mol. The van der Waals surface area contributed by atoms with Gasteiger partial charge in [-0.05, 0) is 30.5 Å². The molecule has 160 valence electrons. The fourth-order valence-corrected chi connectivity index (χ4v) is 4.31. The van der Waals surface area contributed by atoms with E-state index in [0.29, 0.717) is 11.3 Å². The highest BCUT2D eigenvalue weighted by Gasteiger charge is 2.43. The summed E-state index contributed by atoms with van der Waals surface area (Å²) in [4.78, 5) is 20.6. The predicted octanol–water partition coefficient (Wildman–Crippen LogP) is 1.87. The average molecular weight is 435 g/mol. The molecule has 0 aliphatic heterocycles. The van der Waals surface area contributed by atoms with Crippen molar-refractivity contribution in [3.05, 3.63) is 54.1 Å². The fraction of sp³-hybridized carbons (Fsp3) is 0.350. The molecule has 0 saturated carbocycles. The number of esters is 1. The van der Waals surface area contributed by atoms with Crippen LogP contribution in [0.4, 0.5) is 4.39 Å². The number of aromatic nitrogens is 2. The second-order valence-corrected chi connectivity index (χ2v) is 8.92. The summed E-state index contributed by atoms with van der Waals surface area (Å²) in [5.74, 6) is -0.247. The summed E-state index contributed by atoms with van der Waals surface area (Å²) in [6.07, 6.45) is 7.01. The Kier molecular flexibility index (Phi) is 6.18. The molecule has 1 heterocycles. The number of sulfonamides is 1. The van der Waals surface area contributed by atoms with Crippen LogP contribution in [0, 0.1) is 11.2 Å². The van der Waals surface area contributed by atoms with Crippen molar-refractivity contribution in [2.24, 2.45) is 5.41 Å². The number of benzene rings is 1. The number of hydrogen-bond acceptors (Lipinski definition) is 7. The number of hydrogen-bond donors (Lipinski definition) is 1. The Bertz CT molecular complexity index is 1070. The summed E-state index contributed by atoms with van der Waals surface area (Å²) in [6.45, 7) is 0. The van der Waals surface area contributed by atoms with Crippen LogP contribution >= 0.6 is 0 Å². The number of carbonyl (C=O) groups is 1. The smallest absolute Gasteiger partial charge is 0.316 e. The Hall–Kier alpha value is -2.85. The van der Waals surface area contributed by atoms with E-state index in [1.54, 1.807) is 30.4 Å². The van der Waals surface area contributed by atoms with Crippen molar-refractivity contribution < 1.29 is 27.1 Å². The molecule has 0 radical (unpaired) electrons. The number of nitrogens with zero attached hydrogens (tertiary/aromatic N) is 2. The maximum Gasteiger partial charge on any atom is 0.316 e. The van der Waals surface area contributed by atoms with Gasteiger partial charge in [0.2, 0.25) is 10.0 Å². The normalized spacial score (nSPS) is 20.9. The third kappa shape index (κ3) is 4.82. The first kappa shape index (κ1) is 21.8. The molecule has 2 atom stereocenters. The van der Waals surface area contributed by atoms with Gasteiger partial charge in [0.15, 0.2) is 11.6 Å². The quantitative estimate of drug-likeness (QED) is 0.523. The van der Waals surface area contributed by atoms with Crippen LogP contribution in [0.25, 0.3) is 11.4 Å². The molecule has 0 spiro atoms. The lowest BCUT2D eigenvalue weighted by molar-refractivity contribution is -0.149. The lowest BCUT2D eigenvalue weighted by Crippen LogP contribution is -2.38. The van der Waals surface area contributed by atoms with Crippen LogP contribution in [0.1, 0.15) is 12.0 Å². The molecule has 0 fully saturated rings. The van der Waals surface area contributed by atoms with Gasteiger partial charge in [-0.1, -0.05) is 18.2 Å². The van der Waals surface area contributed by atoms with Gasteiger partial charge in [0.25, 0.3) is 0 Å². The second kappa shape index (κ2) is 8.49. The summed E-state index contributed by atoms with van der Waals surface area (Å²) >= 11 is 0. The number of ether oxygens (including phenoxy) is 2. The predicted molar refractivity (Wildman–Crippen MR) is 108 cm³/mol. The van der Waals surface area contributed by atoms with E-state index in [4.69, 9.17) is 9.47 Å². The first-order valence-electron chi connectivity index (χ1n) is 9.06. The molecule has 0 unspecified atom stereocenters. The molecule has 3 rings (SSSR count). The van der Waals surface area contributed by atoms with Gasteiger partial charge in [0.05, 0.1) is 43.8 Å². The van der Waals surface area contributed by atoms with Gasteiger partial charge >= 0.3 is 5.97 Å². The maximum absolute atomic E-state index is 13.2. The van der Waals surface area contributed by atoms with Gasteiger partial charge in [0.1, 0.15) is 5.75 Å². The molecule has 1 aromatic carbocycles. The molecule has 10 heteroatoms. The Balaban J connectivity index is 1.94. The van der Waals surface area contributed by atoms with Crippen LogP contribution in [0.5, 0.6) is 5.75 Å². The second-order valence-electron chi connectivity index (χ2n) is 7.14. The zero-order valence-corrected chi connectivity index (χ0v) is 17.6. The largest absolute Gasteiger partial charge is 0.496 e. The summed E-state index contributed by atoms with van der Waals surface area (Å²) in [6, 6.07) is 4.76. The number of halogens is 1. The van der Waals surface area contributed by atoms with Crippen LogP contribution in [-0.4, -0.2) is 50.9 Å². The van der Waals surface area contributed by atoms with Crippen molar-refractivity contribution in [2.75, 3.05) is 20.5 Å². The summed E-state index contributed by atoms with van der Waals surface area (Å²) in [5, 5.41) is 0. The number of nitrogens with one attached hydrogen (secondary N) is 1. The van der Waals surface area contributed by atoms with Crippen LogP contribution in [0.15, 0.2) is 42.7 Å². The Morgan fingerprint density at radius 2 is 2.00 bits per heavy atom. The number of rotatable bonds is 7. The van der Waals surface area contributed by atoms with Gasteiger partial charge in [-0.3, -0.25) is 4.79 Å². The molecular formula is C20H22FN3O5S. The van der Waals surface area contributed by atoms with E-state index >= 15 is 0 Å². The SMILES string of the molecule is COC(=O)[C@@]1(Cc2ccc(OC)c(-c3ncc(F)cn3)c2)C=C[C@H](NS(C)(=O)=O)C1. The van der Waals surface area contributed by atoms with Crippen molar-refractivity contribution in [3.8, 4) is 17.1 Å². The highest BCUT2D eigenvalue weighted by atomic mass is 32.2. The standard InChI is InChI=1S/C20H22FN3O5S/c1-28-17-5-4-13(8-16(17)18-22-11-14(21)12-23-18)9-20(19(25)29-2)7-6-15(10-20)24-30(3,26)27/h4-8,11-12,15,24H,9-10H2,1-3H3/t15-,20+/m0/s1. The van der Waals surface area contributed by atoms with Crippen LogP contribution in [0.2, 0.25) is 0 Å². The van der Waals surface area contributed by atoms with Crippen molar-refractivity contribution in [1.82, 2.24) is 14.7 Å². The van der Waals surface area contributed by atoms with E-state index in [2.05, 4.69) is 14.7 Å². The molecule has 1 aromatic heterocycles. The Morgan fingerprint density at radius 3 is 2.60 bits per heavy atom. The summed E-state index contributed by atoms with van der Waals surface area (Å²) in [5.41, 5.74) is 0.267. The highest BCUT2D eigenvalue weighted by Crippen LogP contribution is 2.39. The third-order valence-corrected chi connectivity index (χ3v) is 5.56. The van der Waals surface area contributed by atoms with Crippen molar-refractivity contribution in [1.29, 1.82) is 0 Å². The van der Waals surface area contributed by atoms with Gasteiger partial charge in [-0.15, -0.1) is 0 Å². The molecule has 1 aliphatic carbocycles. The Labute approximate surface area is 174 Å². The van der Waals surface area contributed by atoms with Crippen molar-refractivity contribution in [2.45, 2.75) is 18.9 Å². The zero-order chi connectivity index (χ0) is 21.9. The molecule has 2 aromatic rings. The highest BCUT2D eigenvalue weighted by molar-refractivity contribution is 7.88. The average Bonchev–Trinajstić information content (AvgIpc) is 3.09. The fourth-order valence-electron chi connectivity index (χ4n) is 3.60. The van der Waals surface area contributed by atoms with Crippen molar-refractivity contribution >= 4 is 16.0 Å². The minimum atomic E-state index is -3.44. The first-order valence-corrected chi connectivity index (χ1v) is 10.9. The molecular weight excluding hydrogens is 413 g/mol. The lowest BCUT2D eigenvalue weighted by atomic mass is 9.80. The van der Waals surface area contributed by atoms with E-state index in [1.165, 1.54) is 14.2 Å². The van der Waals surface area contributed by atoms with Crippen LogP contribution in [0.3, 0.4) is 0 Å². The maximum atomic E-state index is 13.2. The molecule has 8 nitrogen and oxygen atoms in total. The number of carbonyl (C=O) groups excluding carboxylic acids is 1. The van der Waals surface area contributed by atoms with Crippen LogP contribution < -0.4 is 9.46 Å². The van der Waals surface area contributed by atoms with E-state index in [-0.39, 0.29) is 18.7 Å². The van der Waals surface area contributed by atoms with E-state index < -0.39 is 33.3 Å².